The first kappa shape index (κ1) is 17.4. The van der Waals surface area contributed by atoms with Crippen LogP contribution in [0.1, 0.15) is 54.9 Å². The van der Waals surface area contributed by atoms with Crippen LogP contribution in [0.5, 0.6) is 0 Å². The molecule has 0 aromatic heterocycles. The molecule has 0 rings (SSSR count). The lowest BCUT2D eigenvalue weighted by Gasteiger charge is -2.34. The fourth-order valence-corrected chi connectivity index (χ4v) is 1.98. The van der Waals surface area contributed by atoms with Crippen LogP contribution in [-0.2, 0) is 4.79 Å². The topological polar surface area (TPSA) is 41.1 Å². The molecule has 0 fully saturated rings. The molecule has 0 saturated carbocycles. The third-order valence-electron chi connectivity index (χ3n) is 3.03. The van der Waals surface area contributed by atoms with Crippen LogP contribution >= 0.6 is 0 Å². The van der Waals surface area contributed by atoms with Crippen molar-refractivity contribution in [1.29, 1.82) is 0 Å². The van der Waals surface area contributed by atoms with Crippen molar-refractivity contribution in [3.8, 4) is 0 Å². The first-order valence-electron chi connectivity index (χ1n) is 7.06. The number of nitrogens with one attached hydrogen (secondary N) is 2. The molecule has 108 valence electrons. The molecule has 2 N–H and O–H groups in total. The fraction of sp³-hybridized carbons (Fsp3) is 0.933. The predicted molar refractivity (Wildman–Crippen MR) is 78.6 cm³/mol. The molecule has 0 radical (unpaired) electrons. The number of amides is 1. The van der Waals surface area contributed by atoms with E-state index in [1.807, 2.05) is 0 Å². The van der Waals surface area contributed by atoms with Gasteiger partial charge in [0.25, 0.3) is 0 Å². The average molecular weight is 256 g/mol. The molecule has 0 aliphatic rings. The molecule has 0 aliphatic heterocycles. The first-order valence-corrected chi connectivity index (χ1v) is 7.06. The maximum Gasteiger partial charge on any atom is 0.223 e. The molecule has 0 aliphatic carbocycles. The van der Waals surface area contributed by atoms with Crippen LogP contribution in [0.25, 0.3) is 0 Å². The summed E-state index contributed by atoms with van der Waals surface area (Å²) in [5, 5.41) is 6.26. The Morgan fingerprint density at radius 3 is 2.00 bits per heavy atom. The fourth-order valence-electron chi connectivity index (χ4n) is 1.98. The highest BCUT2D eigenvalue weighted by Crippen LogP contribution is 2.35. The number of hydrogen-bond acceptors (Lipinski definition) is 2. The number of carbonyl (C=O) groups excluding carboxylic acids is 1. The summed E-state index contributed by atoms with van der Waals surface area (Å²) in [6, 6.07) is 0. The van der Waals surface area contributed by atoms with Gasteiger partial charge in [0.1, 0.15) is 0 Å². The number of likely N-dealkylation sites (N-methyl/N-ethyl adjacent to an activating group) is 1. The minimum Gasteiger partial charge on any atom is -0.355 e. The largest absolute Gasteiger partial charge is 0.355 e. The monoisotopic (exact) mass is 256 g/mol. The molecule has 0 saturated heterocycles. The second kappa shape index (κ2) is 7.13. The minimum atomic E-state index is 0.00947. The summed E-state index contributed by atoms with van der Waals surface area (Å²) in [6.45, 7) is 17.6. The Morgan fingerprint density at radius 2 is 1.61 bits per heavy atom. The van der Waals surface area contributed by atoms with E-state index in [0.717, 1.165) is 19.5 Å². The van der Waals surface area contributed by atoms with Crippen molar-refractivity contribution in [3.05, 3.63) is 0 Å². The molecule has 0 spiro atoms. The van der Waals surface area contributed by atoms with E-state index in [-0.39, 0.29) is 22.7 Å². The smallest absolute Gasteiger partial charge is 0.223 e. The summed E-state index contributed by atoms with van der Waals surface area (Å²) < 4.78 is 0. The van der Waals surface area contributed by atoms with E-state index in [1.54, 1.807) is 0 Å². The van der Waals surface area contributed by atoms with Gasteiger partial charge in [-0.25, -0.2) is 0 Å². The summed E-state index contributed by atoms with van der Waals surface area (Å²) in [5.74, 6) is 0.259. The van der Waals surface area contributed by atoms with Crippen molar-refractivity contribution in [3.63, 3.8) is 0 Å². The highest BCUT2D eigenvalue weighted by molar-refractivity contribution is 5.79. The lowest BCUT2D eigenvalue weighted by atomic mass is 9.71. The Balaban J connectivity index is 4.43. The standard InChI is InChI=1S/C15H32N2O/c1-8-16-9-10-17-13(18)12(15(5,6)7)11-14(2,3)4/h12,16H,8-11H2,1-7H3,(H,17,18). The number of rotatable bonds is 6. The Morgan fingerprint density at radius 1 is 1.06 bits per heavy atom. The van der Waals surface area contributed by atoms with E-state index in [2.05, 4.69) is 59.1 Å². The van der Waals surface area contributed by atoms with E-state index in [1.165, 1.54) is 0 Å². The zero-order valence-corrected chi connectivity index (χ0v) is 13.3. The van der Waals surface area contributed by atoms with Gasteiger partial charge in [0.2, 0.25) is 5.91 Å². The molecule has 3 heteroatoms. The van der Waals surface area contributed by atoms with Crippen molar-refractivity contribution in [2.24, 2.45) is 16.7 Å². The number of carbonyl (C=O) groups is 1. The van der Waals surface area contributed by atoms with E-state index >= 15 is 0 Å². The van der Waals surface area contributed by atoms with Crippen LogP contribution in [0.2, 0.25) is 0 Å². The van der Waals surface area contributed by atoms with Crippen molar-refractivity contribution < 1.29 is 4.79 Å². The number of hydrogen-bond donors (Lipinski definition) is 2. The van der Waals surface area contributed by atoms with Crippen LogP contribution in [0, 0.1) is 16.7 Å². The molecular weight excluding hydrogens is 224 g/mol. The summed E-state index contributed by atoms with van der Waals surface area (Å²) >= 11 is 0. The van der Waals surface area contributed by atoms with Crippen molar-refractivity contribution in [1.82, 2.24) is 10.6 Å². The quantitative estimate of drug-likeness (QED) is 0.718. The molecule has 3 nitrogen and oxygen atoms in total. The van der Waals surface area contributed by atoms with Gasteiger partial charge in [0.05, 0.1) is 0 Å². The van der Waals surface area contributed by atoms with Crippen LogP contribution in [0.4, 0.5) is 0 Å². The molecule has 0 aromatic carbocycles. The summed E-state index contributed by atoms with van der Waals surface area (Å²) in [5.41, 5.74) is 0.187. The van der Waals surface area contributed by atoms with E-state index in [9.17, 15) is 4.79 Å². The Labute approximate surface area is 113 Å². The van der Waals surface area contributed by atoms with E-state index in [4.69, 9.17) is 0 Å². The van der Waals surface area contributed by atoms with Crippen LogP contribution in [-0.4, -0.2) is 25.5 Å². The van der Waals surface area contributed by atoms with Gasteiger partial charge in [0.15, 0.2) is 0 Å². The maximum absolute atomic E-state index is 12.3. The van der Waals surface area contributed by atoms with Gasteiger partial charge in [-0.2, -0.15) is 0 Å². The minimum absolute atomic E-state index is 0.00947. The Bertz CT molecular complexity index is 248. The highest BCUT2D eigenvalue weighted by Gasteiger charge is 2.34. The van der Waals surface area contributed by atoms with E-state index < -0.39 is 0 Å². The Hall–Kier alpha value is -0.570. The second-order valence-electron chi connectivity index (χ2n) is 7.33. The van der Waals surface area contributed by atoms with E-state index in [0.29, 0.717) is 6.54 Å². The molecule has 0 heterocycles. The lowest BCUT2D eigenvalue weighted by Crippen LogP contribution is -2.42. The third-order valence-corrected chi connectivity index (χ3v) is 3.03. The summed E-state index contributed by atoms with van der Waals surface area (Å²) in [6.07, 6.45) is 0.920. The highest BCUT2D eigenvalue weighted by atomic mass is 16.1. The van der Waals surface area contributed by atoms with Crippen molar-refractivity contribution in [2.75, 3.05) is 19.6 Å². The van der Waals surface area contributed by atoms with Gasteiger partial charge in [-0.05, 0) is 23.8 Å². The van der Waals surface area contributed by atoms with Gasteiger partial charge < -0.3 is 10.6 Å². The molecule has 1 atom stereocenters. The molecule has 0 aromatic rings. The molecule has 1 amide bonds. The second-order valence-corrected chi connectivity index (χ2v) is 7.33. The van der Waals surface area contributed by atoms with Gasteiger partial charge in [0, 0.05) is 19.0 Å². The van der Waals surface area contributed by atoms with Gasteiger partial charge in [-0.3, -0.25) is 4.79 Å². The zero-order chi connectivity index (χ0) is 14.4. The average Bonchev–Trinajstić information content (AvgIpc) is 2.18. The predicted octanol–water partition coefficient (Wildman–Crippen LogP) is 2.81. The molecular formula is C15H32N2O. The van der Waals surface area contributed by atoms with Gasteiger partial charge in [-0.1, -0.05) is 48.5 Å². The van der Waals surface area contributed by atoms with Crippen LogP contribution < -0.4 is 10.6 Å². The summed E-state index contributed by atoms with van der Waals surface area (Å²) in [7, 11) is 0. The van der Waals surface area contributed by atoms with Crippen molar-refractivity contribution >= 4 is 5.91 Å². The van der Waals surface area contributed by atoms with Crippen LogP contribution in [0.15, 0.2) is 0 Å². The Kier molecular flexibility index (Phi) is 6.90. The lowest BCUT2D eigenvalue weighted by molar-refractivity contribution is -0.129. The van der Waals surface area contributed by atoms with Gasteiger partial charge >= 0.3 is 0 Å². The van der Waals surface area contributed by atoms with Crippen LogP contribution in [0.3, 0.4) is 0 Å². The summed E-state index contributed by atoms with van der Waals surface area (Å²) in [4.78, 5) is 12.3. The molecule has 0 bridgehead atoms. The maximum atomic E-state index is 12.3. The normalized spacial score (nSPS) is 14.4. The zero-order valence-electron chi connectivity index (χ0n) is 13.3. The first-order chi connectivity index (χ1) is 8.08. The van der Waals surface area contributed by atoms with Gasteiger partial charge in [-0.15, -0.1) is 0 Å². The van der Waals surface area contributed by atoms with Crippen molar-refractivity contribution in [2.45, 2.75) is 54.9 Å². The third kappa shape index (κ3) is 7.70. The molecule has 18 heavy (non-hydrogen) atoms. The SMILES string of the molecule is CCNCCNC(=O)C(CC(C)(C)C)C(C)(C)C. The molecule has 1 unspecified atom stereocenters.